The van der Waals surface area contributed by atoms with Crippen molar-refractivity contribution in [1.82, 2.24) is 15.5 Å². The number of hydrogen-bond acceptors (Lipinski definition) is 9. The summed E-state index contributed by atoms with van der Waals surface area (Å²) in [6, 6.07) is 14.7. The van der Waals surface area contributed by atoms with E-state index in [0.717, 1.165) is 37.4 Å². The zero-order chi connectivity index (χ0) is 25.4. The van der Waals surface area contributed by atoms with Gasteiger partial charge in [0.15, 0.2) is 17.4 Å². The maximum Gasteiger partial charge on any atom is 0.169 e. The van der Waals surface area contributed by atoms with Gasteiger partial charge in [-0.2, -0.15) is 0 Å². The predicted molar refractivity (Wildman–Crippen MR) is 140 cm³/mol. The fraction of sp³-hybridized carbons (Fsp3) is 0.407. The number of nitrogens with one attached hydrogen (secondary N) is 1. The Hall–Kier alpha value is -3.63. The molecule has 3 aliphatic rings. The Morgan fingerprint density at radius 2 is 1.78 bits per heavy atom. The maximum atomic E-state index is 14.0. The average Bonchev–Trinajstić information content (AvgIpc) is 2.91. The summed E-state index contributed by atoms with van der Waals surface area (Å²) >= 11 is 0. The number of halogens is 1. The zero-order valence-electron chi connectivity index (χ0n) is 20.5. The number of hydrogen-bond donors (Lipinski definition) is 3. The molecule has 9 nitrogen and oxygen atoms in total. The zero-order valence-corrected chi connectivity index (χ0v) is 20.5. The molecule has 3 fully saturated rings. The summed E-state index contributed by atoms with van der Waals surface area (Å²) in [4.78, 5) is 4.62. The molecule has 4 N–H and O–H groups in total. The van der Waals surface area contributed by atoms with E-state index in [1.165, 1.54) is 12.1 Å². The monoisotopic (exact) mass is 506 g/mol. The lowest BCUT2D eigenvalue weighted by Gasteiger charge is -2.51. The molecule has 0 spiro atoms. The molecule has 1 aromatic heterocycles. The van der Waals surface area contributed by atoms with Crippen LogP contribution in [0.2, 0.25) is 0 Å². The number of anilines is 3. The standard InChI is InChI=1S/C27H31FN6O3/c28-23-6-2-5-22(26(23)35)24-12-25(27(29)32-31-24)33-13-18-15-36-16-19(14-33)34(18)17-3-1-4-21(11-17)37-20-7-9-30-10-8-20/h1-6,11-12,18-20,30,35H,7-10,13-16H2,(H2,29,32). The lowest BCUT2D eigenvalue weighted by molar-refractivity contribution is 0.0588. The van der Waals surface area contributed by atoms with Crippen molar-refractivity contribution >= 4 is 17.2 Å². The number of piperidine rings is 1. The largest absolute Gasteiger partial charge is 0.504 e. The van der Waals surface area contributed by atoms with Crippen LogP contribution in [0.25, 0.3) is 11.3 Å². The third kappa shape index (κ3) is 4.74. The minimum atomic E-state index is -0.704. The molecule has 10 heteroatoms. The molecule has 6 rings (SSSR count). The number of fused-ring (bicyclic) bond motifs is 2. The van der Waals surface area contributed by atoms with Crippen molar-refractivity contribution in [2.75, 3.05) is 54.9 Å². The molecule has 3 aliphatic heterocycles. The van der Waals surface area contributed by atoms with E-state index in [1.807, 2.05) is 6.07 Å². The van der Waals surface area contributed by atoms with Crippen molar-refractivity contribution in [2.24, 2.45) is 0 Å². The van der Waals surface area contributed by atoms with E-state index in [9.17, 15) is 9.50 Å². The molecule has 3 aromatic rings. The topological polar surface area (TPSA) is 109 Å². The smallest absolute Gasteiger partial charge is 0.169 e. The van der Waals surface area contributed by atoms with Gasteiger partial charge >= 0.3 is 0 Å². The van der Waals surface area contributed by atoms with Crippen LogP contribution in [0.3, 0.4) is 0 Å². The molecule has 37 heavy (non-hydrogen) atoms. The van der Waals surface area contributed by atoms with Crippen molar-refractivity contribution in [2.45, 2.75) is 31.0 Å². The van der Waals surface area contributed by atoms with Crippen LogP contribution in [0.5, 0.6) is 11.5 Å². The number of morpholine rings is 1. The third-order valence-electron chi connectivity index (χ3n) is 7.38. The van der Waals surface area contributed by atoms with Gasteiger partial charge in [0, 0.05) is 30.4 Å². The second-order valence-electron chi connectivity index (χ2n) is 9.86. The van der Waals surface area contributed by atoms with Crippen LogP contribution in [-0.2, 0) is 4.74 Å². The number of phenolic OH excluding ortho intramolecular Hbond substituents is 1. The van der Waals surface area contributed by atoms with Crippen molar-refractivity contribution in [1.29, 1.82) is 0 Å². The molecule has 0 aliphatic carbocycles. The summed E-state index contributed by atoms with van der Waals surface area (Å²) in [5.74, 6) is 0.0379. The summed E-state index contributed by atoms with van der Waals surface area (Å²) in [5, 5.41) is 21.8. The first kappa shape index (κ1) is 23.7. The van der Waals surface area contributed by atoms with Crippen LogP contribution in [0, 0.1) is 5.82 Å². The van der Waals surface area contributed by atoms with Gasteiger partial charge in [-0.3, -0.25) is 0 Å². The van der Waals surface area contributed by atoms with Crippen LogP contribution in [0.15, 0.2) is 48.5 Å². The Balaban J connectivity index is 1.24. The van der Waals surface area contributed by atoms with E-state index in [2.05, 4.69) is 43.5 Å². The van der Waals surface area contributed by atoms with Crippen LogP contribution >= 0.6 is 0 Å². The number of benzene rings is 2. The minimum Gasteiger partial charge on any atom is -0.504 e. The van der Waals surface area contributed by atoms with Gasteiger partial charge in [0.2, 0.25) is 0 Å². The van der Waals surface area contributed by atoms with Crippen molar-refractivity contribution in [3.8, 4) is 22.8 Å². The number of aromatic hydroxyl groups is 1. The quantitative estimate of drug-likeness (QED) is 0.481. The van der Waals surface area contributed by atoms with E-state index >= 15 is 0 Å². The second kappa shape index (κ2) is 10.0. The van der Waals surface area contributed by atoms with Gasteiger partial charge in [-0.05, 0) is 56.3 Å². The van der Waals surface area contributed by atoms with Gasteiger partial charge in [0.1, 0.15) is 11.9 Å². The first-order chi connectivity index (χ1) is 18.1. The molecule has 2 bridgehead atoms. The molecule has 2 aromatic carbocycles. The van der Waals surface area contributed by atoms with Gasteiger partial charge in [-0.25, -0.2) is 4.39 Å². The summed E-state index contributed by atoms with van der Waals surface area (Å²) in [6.07, 6.45) is 2.27. The molecular weight excluding hydrogens is 475 g/mol. The number of para-hydroxylation sites is 1. The van der Waals surface area contributed by atoms with E-state index in [1.54, 1.807) is 12.1 Å². The Labute approximate surface area is 215 Å². The average molecular weight is 507 g/mol. The van der Waals surface area contributed by atoms with Crippen LogP contribution < -0.4 is 25.6 Å². The highest BCUT2D eigenvalue weighted by Gasteiger charge is 2.39. The molecular formula is C27H31FN6O3. The van der Waals surface area contributed by atoms with Gasteiger partial charge < -0.3 is 35.4 Å². The molecule has 3 saturated heterocycles. The summed E-state index contributed by atoms with van der Waals surface area (Å²) in [7, 11) is 0. The van der Waals surface area contributed by atoms with Crippen LogP contribution in [0.1, 0.15) is 12.8 Å². The Bertz CT molecular complexity index is 1260. The van der Waals surface area contributed by atoms with Crippen LogP contribution in [0.4, 0.5) is 21.6 Å². The second-order valence-corrected chi connectivity index (χ2v) is 9.86. The lowest BCUT2D eigenvalue weighted by atomic mass is 10.0. The number of nitrogen functional groups attached to an aromatic ring is 1. The molecule has 194 valence electrons. The summed E-state index contributed by atoms with van der Waals surface area (Å²) < 4.78 is 26.2. The summed E-state index contributed by atoms with van der Waals surface area (Å²) in [6.45, 7) is 4.48. The number of piperazine rings is 1. The van der Waals surface area contributed by atoms with Gasteiger partial charge in [0.05, 0.1) is 36.7 Å². The van der Waals surface area contributed by atoms with E-state index in [0.29, 0.717) is 43.5 Å². The van der Waals surface area contributed by atoms with Gasteiger partial charge in [-0.1, -0.05) is 12.1 Å². The molecule has 0 saturated carbocycles. The van der Waals surface area contributed by atoms with E-state index < -0.39 is 11.6 Å². The summed E-state index contributed by atoms with van der Waals surface area (Å²) in [5.41, 5.74) is 8.74. The highest BCUT2D eigenvalue weighted by atomic mass is 19.1. The Kier molecular flexibility index (Phi) is 6.43. The number of aromatic nitrogens is 2. The molecule has 4 heterocycles. The predicted octanol–water partition coefficient (Wildman–Crippen LogP) is 2.80. The van der Waals surface area contributed by atoms with Crippen molar-refractivity contribution in [3.05, 3.63) is 54.3 Å². The van der Waals surface area contributed by atoms with Gasteiger partial charge in [0.25, 0.3) is 0 Å². The minimum absolute atomic E-state index is 0.0974. The fourth-order valence-electron chi connectivity index (χ4n) is 5.60. The maximum absolute atomic E-state index is 14.0. The number of phenols is 1. The molecule has 2 unspecified atom stereocenters. The Morgan fingerprint density at radius 1 is 1.03 bits per heavy atom. The number of nitrogens with zero attached hydrogens (tertiary/aromatic N) is 4. The first-order valence-corrected chi connectivity index (χ1v) is 12.8. The number of ether oxygens (including phenoxy) is 2. The molecule has 0 amide bonds. The van der Waals surface area contributed by atoms with Gasteiger partial charge in [-0.15, -0.1) is 10.2 Å². The van der Waals surface area contributed by atoms with Crippen LogP contribution in [-0.4, -0.2) is 72.9 Å². The van der Waals surface area contributed by atoms with Crippen molar-refractivity contribution in [3.63, 3.8) is 0 Å². The highest BCUT2D eigenvalue weighted by Crippen LogP contribution is 2.37. The molecule has 2 atom stereocenters. The fourth-order valence-corrected chi connectivity index (χ4v) is 5.60. The van der Waals surface area contributed by atoms with Crippen molar-refractivity contribution < 1.29 is 19.0 Å². The van der Waals surface area contributed by atoms with E-state index in [-0.39, 0.29) is 23.8 Å². The SMILES string of the molecule is Nc1nnc(-c2cccc(F)c2O)cc1N1CC2COCC(C1)N2c1cccc(OC2CCNCC2)c1. The lowest BCUT2D eigenvalue weighted by Crippen LogP contribution is -2.65. The Morgan fingerprint density at radius 3 is 2.57 bits per heavy atom. The number of nitrogens with two attached hydrogens (primary N) is 1. The normalized spacial score (nSPS) is 22.2. The molecule has 0 radical (unpaired) electrons. The first-order valence-electron chi connectivity index (χ1n) is 12.8. The third-order valence-corrected chi connectivity index (χ3v) is 7.38. The van der Waals surface area contributed by atoms with E-state index in [4.69, 9.17) is 15.2 Å². The number of rotatable bonds is 5. The highest BCUT2D eigenvalue weighted by molar-refractivity contribution is 5.74.